The van der Waals surface area contributed by atoms with E-state index >= 15 is 0 Å². The number of fused-ring (bicyclic) bond motifs is 1. The second kappa shape index (κ2) is 1.78. The van der Waals surface area contributed by atoms with Crippen molar-refractivity contribution in [3.8, 4) is 0 Å². The lowest BCUT2D eigenvalue weighted by Crippen LogP contribution is -2.26. The predicted octanol–water partition coefficient (Wildman–Crippen LogP) is -0.0901. The zero-order chi connectivity index (χ0) is 6.97. The molecule has 1 heterocycles. The molecule has 0 saturated heterocycles. The Labute approximate surface area is 58.9 Å². The molecule has 1 aromatic rings. The maximum atomic E-state index is 3.03. The van der Waals surface area contributed by atoms with E-state index in [-0.39, 0.29) is 0 Å². The van der Waals surface area contributed by atoms with Crippen LogP contribution in [0.3, 0.4) is 0 Å². The summed E-state index contributed by atoms with van der Waals surface area (Å²) in [6.07, 6.45) is 5.93. The Morgan fingerprint density at radius 2 is 2.40 bits per heavy atom. The largest absolute Gasteiger partial charge is 0.350 e. The number of rotatable bonds is 0. The summed E-state index contributed by atoms with van der Waals surface area (Å²) in [7, 11) is 2.02. The monoisotopic (exact) mass is 129 g/mol. The fraction of sp³-hybridized carbons (Fsp3) is 0.111. The third-order valence-corrected chi connectivity index (χ3v) is 1.65. The van der Waals surface area contributed by atoms with Crippen LogP contribution in [0.15, 0.2) is 24.1 Å². The van der Waals surface area contributed by atoms with E-state index in [1.165, 1.54) is 5.35 Å². The number of aryl methyl sites for hydroxylation is 1. The molecule has 1 nitrogen and oxygen atoms in total. The SMILES string of the molecule is Cn1ccc2c1=CC=C=C=2. The predicted molar refractivity (Wildman–Crippen MR) is 40.6 cm³/mol. The molecular weight excluding hydrogens is 122 g/mol. The van der Waals surface area contributed by atoms with Crippen molar-refractivity contribution in [3.63, 3.8) is 0 Å². The number of hydrogen-bond acceptors (Lipinski definition) is 0. The first-order chi connectivity index (χ1) is 4.88. The molecule has 1 aromatic heterocycles. The topological polar surface area (TPSA) is 4.93 Å². The molecule has 10 heavy (non-hydrogen) atoms. The summed E-state index contributed by atoms with van der Waals surface area (Å²) in [5.74, 6) is 0. The Kier molecular flexibility index (Phi) is 0.956. The zero-order valence-electron chi connectivity index (χ0n) is 5.76. The molecule has 0 N–H and O–H groups in total. The van der Waals surface area contributed by atoms with E-state index in [1.807, 2.05) is 31.5 Å². The molecular formula is C9H7N. The third kappa shape index (κ3) is 0.593. The van der Waals surface area contributed by atoms with Gasteiger partial charge in [-0.15, -0.1) is 0 Å². The standard InChI is InChI=1S/C9H7N/c1-10-7-6-8-4-2-3-5-9(8)10/h3,5-7H,1H3. The van der Waals surface area contributed by atoms with E-state index < -0.39 is 0 Å². The highest BCUT2D eigenvalue weighted by Gasteiger charge is 1.88. The van der Waals surface area contributed by atoms with Crippen molar-refractivity contribution >= 4 is 11.8 Å². The number of hydrogen-bond donors (Lipinski definition) is 0. The van der Waals surface area contributed by atoms with E-state index in [1.54, 1.807) is 0 Å². The highest BCUT2D eigenvalue weighted by atomic mass is 14.9. The quantitative estimate of drug-likeness (QED) is 0.431. The van der Waals surface area contributed by atoms with Crippen LogP contribution in [0.2, 0.25) is 0 Å². The average molecular weight is 129 g/mol. The minimum Gasteiger partial charge on any atom is -0.350 e. The molecule has 0 aliphatic heterocycles. The summed E-state index contributed by atoms with van der Waals surface area (Å²) >= 11 is 0. The first kappa shape index (κ1) is 5.37. The maximum absolute atomic E-state index is 3.03. The van der Waals surface area contributed by atoms with E-state index in [2.05, 4.69) is 16.0 Å². The van der Waals surface area contributed by atoms with Gasteiger partial charge in [-0.2, -0.15) is 0 Å². The summed E-state index contributed by atoms with van der Waals surface area (Å²) in [4.78, 5) is 0. The van der Waals surface area contributed by atoms with Crippen LogP contribution in [0.1, 0.15) is 0 Å². The van der Waals surface area contributed by atoms with Crippen LogP contribution >= 0.6 is 0 Å². The van der Waals surface area contributed by atoms with E-state index in [4.69, 9.17) is 0 Å². The lowest BCUT2D eigenvalue weighted by molar-refractivity contribution is 0.889. The van der Waals surface area contributed by atoms with Crippen LogP contribution in [0, 0.1) is 0 Å². The fourth-order valence-electron chi connectivity index (χ4n) is 1.10. The molecule has 1 heteroatoms. The van der Waals surface area contributed by atoms with E-state index in [0.717, 1.165) is 5.22 Å². The van der Waals surface area contributed by atoms with Crippen LogP contribution in [0.25, 0.3) is 11.8 Å². The van der Waals surface area contributed by atoms with Gasteiger partial charge in [0.15, 0.2) is 0 Å². The van der Waals surface area contributed by atoms with Crippen LogP contribution in [0.4, 0.5) is 0 Å². The Balaban J connectivity index is 3.15. The molecule has 0 bridgehead atoms. The van der Waals surface area contributed by atoms with Gasteiger partial charge in [-0.25, -0.2) is 0 Å². The van der Waals surface area contributed by atoms with Gasteiger partial charge in [-0.3, -0.25) is 0 Å². The molecule has 0 atom stereocenters. The third-order valence-electron chi connectivity index (χ3n) is 1.65. The molecule has 2 rings (SSSR count). The van der Waals surface area contributed by atoms with Crippen molar-refractivity contribution in [1.29, 1.82) is 0 Å². The molecule has 0 spiro atoms. The van der Waals surface area contributed by atoms with Gasteiger partial charge in [-0.1, -0.05) is 11.5 Å². The molecule has 1 aliphatic carbocycles. The van der Waals surface area contributed by atoms with Gasteiger partial charge in [-0.05, 0) is 18.2 Å². The molecule has 0 amide bonds. The van der Waals surface area contributed by atoms with Gasteiger partial charge in [0.2, 0.25) is 0 Å². The Morgan fingerprint density at radius 1 is 1.50 bits per heavy atom. The summed E-state index contributed by atoms with van der Waals surface area (Å²) in [6.45, 7) is 0. The summed E-state index contributed by atoms with van der Waals surface area (Å²) in [6, 6.07) is 2.03. The van der Waals surface area contributed by atoms with Crippen molar-refractivity contribution in [1.82, 2.24) is 4.57 Å². The summed E-state index contributed by atoms with van der Waals surface area (Å²) < 4.78 is 2.07. The molecule has 0 saturated carbocycles. The second-order valence-corrected chi connectivity index (χ2v) is 2.33. The van der Waals surface area contributed by atoms with Gasteiger partial charge in [0.05, 0.1) is 10.6 Å². The van der Waals surface area contributed by atoms with Gasteiger partial charge in [0, 0.05) is 13.2 Å². The van der Waals surface area contributed by atoms with Gasteiger partial charge in [0.25, 0.3) is 0 Å². The fourth-order valence-corrected chi connectivity index (χ4v) is 1.10. The highest BCUT2D eigenvalue weighted by molar-refractivity contribution is 5.42. The maximum Gasteiger partial charge on any atom is 0.0569 e. The minimum atomic E-state index is 1.13. The number of aromatic nitrogens is 1. The van der Waals surface area contributed by atoms with Gasteiger partial charge < -0.3 is 4.57 Å². The highest BCUT2D eigenvalue weighted by Crippen LogP contribution is 1.75. The molecule has 0 radical (unpaired) electrons. The van der Waals surface area contributed by atoms with Gasteiger partial charge >= 0.3 is 0 Å². The van der Waals surface area contributed by atoms with Crippen molar-refractivity contribution in [2.75, 3.05) is 0 Å². The molecule has 0 aromatic carbocycles. The first-order valence-corrected chi connectivity index (χ1v) is 3.21. The molecule has 0 unspecified atom stereocenters. The summed E-state index contributed by atoms with van der Waals surface area (Å²) in [5, 5.41) is 2.34. The van der Waals surface area contributed by atoms with Crippen LogP contribution in [0.5, 0.6) is 0 Å². The Morgan fingerprint density at radius 3 is 3.20 bits per heavy atom. The van der Waals surface area contributed by atoms with Gasteiger partial charge in [0.1, 0.15) is 0 Å². The number of nitrogens with zero attached hydrogens (tertiary/aromatic N) is 1. The normalized spacial score (nSPS) is 12.1. The lowest BCUT2D eigenvalue weighted by Gasteiger charge is -1.87. The van der Waals surface area contributed by atoms with Crippen molar-refractivity contribution in [2.45, 2.75) is 0 Å². The molecule has 1 aliphatic rings. The van der Waals surface area contributed by atoms with Crippen molar-refractivity contribution in [3.05, 3.63) is 34.6 Å². The molecule has 0 fully saturated rings. The van der Waals surface area contributed by atoms with E-state index in [0.29, 0.717) is 0 Å². The van der Waals surface area contributed by atoms with Crippen molar-refractivity contribution < 1.29 is 0 Å². The average Bonchev–Trinajstić information content (AvgIpc) is 2.34. The van der Waals surface area contributed by atoms with Crippen LogP contribution in [-0.2, 0) is 7.05 Å². The van der Waals surface area contributed by atoms with Crippen molar-refractivity contribution in [2.24, 2.45) is 7.05 Å². The smallest absolute Gasteiger partial charge is 0.0569 e. The molecule has 48 valence electrons. The van der Waals surface area contributed by atoms with Crippen LogP contribution in [-0.4, -0.2) is 4.57 Å². The van der Waals surface area contributed by atoms with Crippen LogP contribution < -0.4 is 10.6 Å². The Bertz CT molecular complexity index is 436. The minimum absolute atomic E-state index is 1.13. The second-order valence-electron chi connectivity index (χ2n) is 2.33. The zero-order valence-corrected chi connectivity index (χ0v) is 5.76. The Hall–Kier alpha value is -1.42. The first-order valence-electron chi connectivity index (χ1n) is 3.21. The van der Waals surface area contributed by atoms with E-state index in [9.17, 15) is 0 Å². The summed E-state index contributed by atoms with van der Waals surface area (Å²) in [5.41, 5.74) is 5.94. The number of allylic oxidation sites excluding steroid dienone is 1. The lowest BCUT2D eigenvalue weighted by atomic mass is 10.3.